The first-order chi connectivity index (χ1) is 6.19. The van der Waals surface area contributed by atoms with Gasteiger partial charge in [0.15, 0.2) is 0 Å². The van der Waals surface area contributed by atoms with E-state index >= 15 is 0 Å². The quantitative estimate of drug-likeness (QED) is 0.807. The zero-order valence-corrected chi connectivity index (χ0v) is 8.56. The average molecular weight is 250 g/mol. The minimum absolute atomic E-state index is 0.138. The monoisotopic (exact) mass is 249 g/mol. The van der Waals surface area contributed by atoms with Gasteiger partial charge in [0, 0.05) is 12.1 Å². The number of halogens is 2. The number of hydrogen-bond acceptors (Lipinski definition) is 3. The first kappa shape index (κ1) is 10.4. The van der Waals surface area contributed by atoms with Crippen LogP contribution in [-0.4, -0.2) is 12.3 Å². The number of ether oxygens (including phenoxy) is 1. The summed E-state index contributed by atoms with van der Waals surface area (Å²) in [6, 6.07) is 2.60. The van der Waals surface area contributed by atoms with Crippen LogP contribution >= 0.6 is 15.9 Å². The summed E-state index contributed by atoms with van der Waals surface area (Å²) in [4.78, 5) is 0. The Morgan fingerprint density at radius 3 is 2.85 bits per heavy atom. The molecule has 0 aromatic heterocycles. The largest absolute Gasteiger partial charge is 0.495 e. The molecular weight excluding hydrogens is 241 g/mol. The molecule has 0 bridgehead atoms. The number of rotatable bonds is 3. The topological polar surface area (TPSA) is 41.5 Å². The molecule has 0 atom stereocenters. The highest BCUT2D eigenvalue weighted by Crippen LogP contribution is 2.29. The molecular formula is C8H9BrFNO2. The SMILES string of the molecule is COc1c(Br)cc(F)cc1CNO. The van der Waals surface area contributed by atoms with Crippen LogP contribution in [-0.2, 0) is 6.54 Å². The van der Waals surface area contributed by atoms with Gasteiger partial charge in [-0.15, -0.1) is 0 Å². The zero-order chi connectivity index (χ0) is 9.84. The van der Waals surface area contributed by atoms with E-state index in [0.717, 1.165) is 0 Å². The van der Waals surface area contributed by atoms with Crippen LogP contribution < -0.4 is 10.2 Å². The van der Waals surface area contributed by atoms with Gasteiger partial charge in [0.1, 0.15) is 11.6 Å². The lowest BCUT2D eigenvalue weighted by molar-refractivity contribution is 0.160. The van der Waals surface area contributed by atoms with Gasteiger partial charge in [-0.25, -0.2) is 9.87 Å². The Labute approximate surface area is 83.6 Å². The van der Waals surface area contributed by atoms with Gasteiger partial charge in [-0.1, -0.05) is 0 Å². The van der Waals surface area contributed by atoms with Crippen molar-refractivity contribution in [3.05, 3.63) is 28.0 Å². The molecule has 0 radical (unpaired) electrons. The van der Waals surface area contributed by atoms with E-state index in [4.69, 9.17) is 9.94 Å². The maximum Gasteiger partial charge on any atom is 0.137 e. The highest BCUT2D eigenvalue weighted by Gasteiger charge is 2.09. The molecule has 0 aliphatic rings. The fourth-order valence-corrected chi connectivity index (χ4v) is 1.69. The van der Waals surface area contributed by atoms with Gasteiger partial charge in [0.25, 0.3) is 0 Å². The zero-order valence-electron chi connectivity index (χ0n) is 6.97. The van der Waals surface area contributed by atoms with Crippen LogP contribution in [0, 0.1) is 5.82 Å². The number of hydroxylamine groups is 1. The van der Waals surface area contributed by atoms with Crippen LogP contribution in [0.5, 0.6) is 5.75 Å². The van der Waals surface area contributed by atoms with Crippen molar-refractivity contribution in [3.8, 4) is 5.75 Å². The normalized spacial score (nSPS) is 10.2. The molecule has 2 N–H and O–H groups in total. The Morgan fingerprint density at radius 2 is 2.31 bits per heavy atom. The molecule has 1 aromatic rings. The van der Waals surface area contributed by atoms with Crippen LogP contribution in [0.15, 0.2) is 16.6 Å². The summed E-state index contributed by atoms with van der Waals surface area (Å²) in [6.07, 6.45) is 0. The molecule has 0 spiro atoms. The molecule has 1 rings (SSSR count). The van der Waals surface area contributed by atoms with Crippen molar-refractivity contribution in [2.24, 2.45) is 0 Å². The molecule has 13 heavy (non-hydrogen) atoms. The molecule has 5 heteroatoms. The van der Waals surface area contributed by atoms with Crippen molar-refractivity contribution in [1.29, 1.82) is 0 Å². The maximum atomic E-state index is 12.9. The van der Waals surface area contributed by atoms with Crippen molar-refractivity contribution in [2.45, 2.75) is 6.54 Å². The molecule has 0 fully saturated rings. The van der Waals surface area contributed by atoms with Gasteiger partial charge in [0.2, 0.25) is 0 Å². The Bertz CT molecular complexity index is 306. The fourth-order valence-electron chi connectivity index (χ4n) is 1.06. The highest BCUT2D eigenvalue weighted by molar-refractivity contribution is 9.10. The fraction of sp³-hybridized carbons (Fsp3) is 0.250. The van der Waals surface area contributed by atoms with E-state index in [1.54, 1.807) is 0 Å². The first-order valence-corrected chi connectivity index (χ1v) is 4.37. The van der Waals surface area contributed by atoms with Crippen molar-refractivity contribution in [1.82, 2.24) is 5.48 Å². The molecule has 0 saturated heterocycles. The Kier molecular flexibility index (Phi) is 3.65. The molecule has 72 valence electrons. The smallest absolute Gasteiger partial charge is 0.137 e. The molecule has 0 unspecified atom stereocenters. The third-order valence-electron chi connectivity index (χ3n) is 1.56. The first-order valence-electron chi connectivity index (χ1n) is 3.58. The second kappa shape index (κ2) is 4.55. The minimum Gasteiger partial charge on any atom is -0.495 e. The second-order valence-electron chi connectivity index (χ2n) is 2.41. The van der Waals surface area contributed by atoms with E-state index in [1.165, 1.54) is 19.2 Å². The van der Waals surface area contributed by atoms with E-state index < -0.39 is 0 Å². The molecule has 0 heterocycles. The van der Waals surface area contributed by atoms with E-state index in [1.807, 2.05) is 5.48 Å². The van der Waals surface area contributed by atoms with Gasteiger partial charge < -0.3 is 9.94 Å². The standard InChI is InChI=1S/C8H9BrFNO2/c1-13-8-5(4-11-12)2-6(10)3-7(8)9/h2-3,11-12H,4H2,1H3. The molecule has 0 aliphatic carbocycles. The van der Waals surface area contributed by atoms with E-state index in [-0.39, 0.29) is 12.4 Å². The van der Waals surface area contributed by atoms with Gasteiger partial charge in [0.05, 0.1) is 11.6 Å². The summed E-state index contributed by atoms with van der Waals surface area (Å²) >= 11 is 3.15. The predicted molar refractivity (Wildman–Crippen MR) is 49.3 cm³/mol. The van der Waals surface area contributed by atoms with E-state index in [2.05, 4.69) is 15.9 Å². The Balaban J connectivity index is 3.13. The molecule has 0 amide bonds. The van der Waals surface area contributed by atoms with Gasteiger partial charge in [-0.05, 0) is 28.1 Å². The van der Waals surface area contributed by atoms with Crippen molar-refractivity contribution < 1.29 is 14.3 Å². The predicted octanol–water partition coefficient (Wildman–Crippen LogP) is 2.08. The summed E-state index contributed by atoms with van der Waals surface area (Å²) in [6.45, 7) is 0.138. The third-order valence-corrected chi connectivity index (χ3v) is 2.15. The lowest BCUT2D eigenvalue weighted by Gasteiger charge is -2.09. The van der Waals surface area contributed by atoms with Crippen LogP contribution in [0.4, 0.5) is 4.39 Å². The van der Waals surface area contributed by atoms with Crippen molar-refractivity contribution in [2.75, 3.05) is 7.11 Å². The number of methoxy groups -OCH3 is 1. The molecule has 0 aliphatic heterocycles. The van der Waals surface area contributed by atoms with Crippen LogP contribution in [0.3, 0.4) is 0 Å². The second-order valence-corrected chi connectivity index (χ2v) is 3.27. The Morgan fingerprint density at radius 1 is 1.62 bits per heavy atom. The van der Waals surface area contributed by atoms with E-state index in [9.17, 15) is 4.39 Å². The number of hydrogen-bond donors (Lipinski definition) is 2. The molecule has 0 saturated carbocycles. The van der Waals surface area contributed by atoms with Crippen LogP contribution in [0.25, 0.3) is 0 Å². The molecule has 3 nitrogen and oxygen atoms in total. The number of nitrogens with one attached hydrogen (secondary N) is 1. The average Bonchev–Trinajstić information content (AvgIpc) is 2.04. The third kappa shape index (κ3) is 2.40. The number of benzene rings is 1. The maximum absolute atomic E-state index is 12.9. The van der Waals surface area contributed by atoms with Crippen molar-refractivity contribution in [3.63, 3.8) is 0 Å². The van der Waals surface area contributed by atoms with Crippen molar-refractivity contribution >= 4 is 15.9 Å². The van der Waals surface area contributed by atoms with Gasteiger partial charge >= 0.3 is 0 Å². The van der Waals surface area contributed by atoms with Gasteiger partial charge in [-0.2, -0.15) is 0 Å². The molecule has 1 aromatic carbocycles. The summed E-state index contributed by atoms with van der Waals surface area (Å²) in [5, 5.41) is 8.48. The minimum atomic E-state index is -0.377. The van der Waals surface area contributed by atoms with Crippen LogP contribution in [0.2, 0.25) is 0 Å². The summed E-state index contributed by atoms with van der Waals surface area (Å²) in [7, 11) is 1.48. The summed E-state index contributed by atoms with van der Waals surface area (Å²) in [5.41, 5.74) is 2.50. The highest BCUT2D eigenvalue weighted by atomic mass is 79.9. The van der Waals surface area contributed by atoms with Crippen LogP contribution in [0.1, 0.15) is 5.56 Å². The van der Waals surface area contributed by atoms with Gasteiger partial charge in [-0.3, -0.25) is 0 Å². The van der Waals surface area contributed by atoms with E-state index in [0.29, 0.717) is 15.8 Å². The lowest BCUT2D eigenvalue weighted by atomic mass is 10.2. The summed E-state index contributed by atoms with van der Waals surface area (Å²) in [5.74, 6) is 0.140. The Hall–Kier alpha value is -0.650. The summed E-state index contributed by atoms with van der Waals surface area (Å²) < 4.78 is 18.4. The lowest BCUT2D eigenvalue weighted by Crippen LogP contribution is -2.08.